The lowest BCUT2D eigenvalue weighted by Gasteiger charge is -2.42. The molecule has 2 aliphatic rings. The minimum absolute atomic E-state index is 0.693. The van der Waals surface area contributed by atoms with Gasteiger partial charge in [0.05, 0.1) is 0 Å². The van der Waals surface area contributed by atoms with E-state index >= 15 is 0 Å². The van der Waals surface area contributed by atoms with Gasteiger partial charge < -0.3 is 5.32 Å². The first-order valence-corrected chi connectivity index (χ1v) is 6.30. The summed E-state index contributed by atoms with van der Waals surface area (Å²) < 4.78 is 0. The van der Waals surface area contributed by atoms with Crippen molar-refractivity contribution in [2.45, 2.75) is 64.1 Å². The van der Waals surface area contributed by atoms with Crippen molar-refractivity contribution >= 4 is 0 Å². The molecule has 0 spiro atoms. The lowest BCUT2D eigenvalue weighted by molar-refractivity contribution is 0.0852. The van der Waals surface area contributed by atoms with Gasteiger partial charge in [0, 0.05) is 31.2 Å². The highest BCUT2D eigenvalue weighted by atomic mass is 15.3. The third kappa shape index (κ3) is 2.12. The molecule has 0 aromatic rings. The van der Waals surface area contributed by atoms with Gasteiger partial charge in [-0.15, -0.1) is 0 Å². The van der Waals surface area contributed by atoms with E-state index < -0.39 is 0 Å². The maximum Gasteiger partial charge on any atom is 0.0221 e. The number of rotatable bonds is 2. The highest BCUT2D eigenvalue weighted by Crippen LogP contribution is 2.27. The van der Waals surface area contributed by atoms with Crippen LogP contribution >= 0.6 is 0 Å². The van der Waals surface area contributed by atoms with Crippen LogP contribution in [0, 0.1) is 0 Å². The van der Waals surface area contributed by atoms with Gasteiger partial charge in [-0.05, 0) is 26.2 Å². The van der Waals surface area contributed by atoms with Gasteiger partial charge in [0.25, 0.3) is 0 Å². The van der Waals surface area contributed by atoms with Crippen LogP contribution in [0.15, 0.2) is 0 Å². The van der Waals surface area contributed by atoms with Crippen LogP contribution in [0.2, 0.25) is 0 Å². The molecular weight excluding hydrogens is 172 g/mol. The molecule has 82 valence electrons. The Bertz CT molecular complexity index is 173. The molecule has 0 aromatic carbocycles. The molecule has 2 atom stereocenters. The summed E-state index contributed by atoms with van der Waals surface area (Å²) in [4.78, 5) is 2.79. The molecule has 0 aromatic heterocycles. The fourth-order valence-corrected chi connectivity index (χ4v) is 3.05. The van der Waals surface area contributed by atoms with Crippen molar-refractivity contribution in [3.8, 4) is 0 Å². The Hall–Kier alpha value is -0.0800. The number of hydrogen-bond donors (Lipinski definition) is 1. The first-order chi connectivity index (χ1) is 6.81. The van der Waals surface area contributed by atoms with E-state index in [1.807, 2.05) is 0 Å². The zero-order valence-electron chi connectivity index (χ0n) is 9.63. The van der Waals surface area contributed by atoms with Crippen LogP contribution < -0.4 is 5.32 Å². The first-order valence-electron chi connectivity index (χ1n) is 6.30. The molecule has 0 radical (unpaired) electrons. The second-order valence-electron chi connectivity index (χ2n) is 5.01. The number of hydrogen-bond acceptors (Lipinski definition) is 2. The molecule has 1 saturated carbocycles. The number of piperazine rings is 1. The van der Waals surface area contributed by atoms with Crippen LogP contribution in [-0.4, -0.2) is 36.1 Å². The molecule has 14 heavy (non-hydrogen) atoms. The highest BCUT2D eigenvalue weighted by molar-refractivity contribution is 4.89. The topological polar surface area (TPSA) is 15.3 Å². The molecule has 2 fully saturated rings. The van der Waals surface area contributed by atoms with Crippen molar-refractivity contribution in [3.05, 3.63) is 0 Å². The minimum Gasteiger partial charge on any atom is -0.311 e. The third-order valence-corrected chi connectivity index (χ3v) is 3.92. The summed E-state index contributed by atoms with van der Waals surface area (Å²) in [5, 5.41) is 3.59. The molecule has 0 amide bonds. The third-order valence-electron chi connectivity index (χ3n) is 3.92. The number of nitrogens with zero attached hydrogens (tertiary/aromatic N) is 1. The van der Waals surface area contributed by atoms with E-state index in [9.17, 15) is 0 Å². The summed E-state index contributed by atoms with van der Waals surface area (Å²) >= 11 is 0. The highest BCUT2D eigenvalue weighted by Gasteiger charge is 2.31. The molecule has 2 unspecified atom stereocenters. The molecule has 1 heterocycles. The molecular formula is C12H24N2. The van der Waals surface area contributed by atoms with E-state index in [2.05, 4.69) is 24.1 Å². The Kier molecular flexibility index (Phi) is 3.45. The average Bonchev–Trinajstić information content (AvgIpc) is 2.70. The van der Waals surface area contributed by atoms with Gasteiger partial charge in [-0.3, -0.25) is 4.90 Å². The second kappa shape index (κ2) is 4.63. The van der Waals surface area contributed by atoms with Gasteiger partial charge in [0.1, 0.15) is 0 Å². The molecule has 2 nitrogen and oxygen atoms in total. The molecule has 0 bridgehead atoms. The summed E-state index contributed by atoms with van der Waals surface area (Å²) in [6.45, 7) is 7.11. The van der Waals surface area contributed by atoms with Gasteiger partial charge in [-0.25, -0.2) is 0 Å². The monoisotopic (exact) mass is 196 g/mol. The van der Waals surface area contributed by atoms with Crippen molar-refractivity contribution in [3.63, 3.8) is 0 Å². The Morgan fingerprint density at radius 2 is 2.00 bits per heavy atom. The Balaban J connectivity index is 1.96. The summed E-state index contributed by atoms with van der Waals surface area (Å²) in [7, 11) is 0. The SMILES string of the molecule is CCC1CNC(C)CN1C1CCCC1. The molecule has 1 saturated heterocycles. The fraction of sp³-hybridized carbons (Fsp3) is 1.00. The van der Waals surface area contributed by atoms with Crippen molar-refractivity contribution < 1.29 is 0 Å². The Labute approximate surface area is 88.1 Å². The first kappa shape index (κ1) is 10.4. The largest absolute Gasteiger partial charge is 0.311 e. The lowest BCUT2D eigenvalue weighted by Crippen LogP contribution is -2.57. The van der Waals surface area contributed by atoms with E-state index in [1.165, 1.54) is 45.2 Å². The van der Waals surface area contributed by atoms with Crippen LogP contribution in [0.25, 0.3) is 0 Å². The quantitative estimate of drug-likeness (QED) is 0.726. The number of nitrogens with one attached hydrogen (secondary N) is 1. The normalized spacial score (nSPS) is 36.4. The molecule has 2 heteroatoms. The van der Waals surface area contributed by atoms with Gasteiger partial charge in [-0.1, -0.05) is 19.8 Å². The average molecular weight is 196 g/mol. The maximum atomic E-state index is 3.59. The van der Waals surface area contributed by atoms with Crippen LogP contribution in [0.3, 0.4) is 0 Å². The van der Waals surface area contributed by atoms with Crippen LogP contribution in [-0.2, 0) is 0 Å². The second-order valence-corrected chi connectivity index (χ2v) is 5.01. The van der Waals surface area contributed by atoms with Crippen LogP contribution in [0.1, 0.15) is 46.0 Å². The van der Waals surface area contributed by atoms with Gasteiger partial charge in [-0.2, -0.15) is 0 Å². The van der Waals surface area contributed by atoms with E-state index in [0.29, 0.717) is 6.04 Å². The lowest BCUT2D eigenvalue weighted by atomic mass is 10.0. The predicted octanol–water partition coefficient (Wildman–Crippen LogP) is 2.00. The van der Waals surface area contributed by atoms with Crippen molar-refractivity contribution in [1.29, 1.82) is 0 Å². The fourth-order valence-electron chi connectivity index (χ4n) is 3.05. The van der Waals surface area contributed by atoms with E-state index in [1.54, 1.807) is 0 Å². The Morgan fingerprint density at radius 1 is 1.29 bits per heavy atom. The molecule has 1 aliphatic heterocycles. The van der Waals surface area contributed by atoms with Gasteiger partial charge >= 0.3 is 0 Å². The maximum absolute atomic E-state index is 3.59. The summed E-state index contributed by atoms with van der Waals surface area (Å²) in [6, 6.07) is 2.40. The van der Waals surface area contributed by atoms with Crippen molar-refractivity contribution in [2.75, 3.05) is 13.1 Å². The minimum atomic E-state index is 0.693. The summed E-state index contributed by atoms with van der Waals surface area (Å²) in [6.07, 6.45) is 7.11. The summed E-state index contributed by atoms with van der Waals surface area (Å²) in [5.41, 5.74) is 0. The van der Waals surface area contributed by atoms with E-state index in [4.69, 9.17) is 0 Å². The summed E-state index contributed by atoms with van der Waals surface area (Å²) in [5.74, 6) is 0. The molecule has 1 N–H and O–H groups in total. The van der Waals surface area contributed by atoms with Crippen molar-refractivity contribution in [2.24, 2.45) is 0 Å². The standard InChI is InChI=1S/C12H24N2/c1-3-11-8-13-10(2)9-14(11)12-6-4-5-7-12/h10-13H,3-9H2,1-2H3. The Morgan fingerprint density at radius 3 is 2.64 bits per heavy atom. The zero-order valence-corrected chi connectivity index (χ0v) is 9.63. The van der Waals surface area contributed by atoms with E-state index in [-0.39, 0.29) is 0 Å². The molecule has 2 rings (SSSR count). The van der Waals surface area contributed by atoms with Crippen molar-refractivity contribution in [1.82, 2.24) is 10.2 Å². The van der Waals surface area contributed by atoms with Crippen LogP contribution in [0.5, 0.6) is 0 Å². The van der Waals surface area contributed by atoms with Gasteiger partial charge in [0.15, 0.2) is 0 Å². The molecule has 1 aliphatic carbocycles. The van der Waals surface area contributed by atoms with Crippen LogP contribution in [0.4, 0.5) is 0 Å². The smallest absolute Gasteiger partial charge is 0.0221 e. The zero-order chi connectivity index (χ0) is 9.97. The van der Waals surface area contributed by atoms with Gasteiger partial charge in [0.2, 0.25) is 0 Å². The predicted molar refractivity (Wildman–Crippen MR) is 60.5 cm³/mol. The van der Waals surface area contributed by atoms with E-state index in [0.717, 1.165) is 12.1 Å².